The first kappa shape index (κ1) is 26.5. The van der Waals surface area contributed by atoms with Crippen molar-refractivity contribution >= 4 is 11.6 Å². The summed E-state index contributed by atoms with van der Waals surface area (Å²) in [5.74, 6) is 1.55. The van der Waals surface area contributed by atoms with E-state index in [1.165, 1.54) is 11.6 Å². The van der Waals surface area contributed by atoms with Crippen molar-refractivity contribution in [1.29, 1.82) is 0 Å². The van der Waals surface area contributed by atoms with E-state index in [1.807, 2.05) is 41.3 Å². The molecule has 2 heterocycles. The molecule has 1 saturated heterocycles. The number of carbonyl (C=O) groups excluding carboxylic acids is 1. The Kier molecular flexibility index (Phi) is 8.27. The zero-order chi connectivity index (χ0) is 27.2. The Bertz CT molecular complexity index is 1380. The highest BCUT2D eigenvalue weighted by atomic mass is 19.1. The summed E-state index contributed by atoms with van der Waals surface area (Å²) in [7, 11) is 1.66. The van der Waals surface area contributed by atoms with Gasteiger partial charge >= 0.3 is 0 Å². The molecule has 1 aliphatic rings. The van der Waals surface area contributed by atoms with Gasteiger partial charge in [-0.3, -0.25) is 9.69 Å². The molecule has 1 aromatic heterocycles. The molecule has 1 aliphatic heterocycles. The van der Waals surface area contributed by atoms with Crippen LogP contribution < -0.4 is 9.64 Å². The number of piperazine rings is 1. The zero-order valence-corrected chi connectivity index (χ0v) is 22.5. The minimum Gasteiger partial charge on any atom is -0.497 e. The highest BCUT2D eigenvalue weighted by Crippen LogP contribution is 2.22. The van der Waals surface area contributed by atoms with E-state index >= 15 is 0 Å². The summed E-state index contributed by atoms with van der Waals surface area (Å²) in [6, 6.07) is 26.7. The van der Waals surface area contributed by atoms with E-state index in [0.29, 0.717) is 44.2 Å². The number of rotatable bonds is 9. The number of methoxy groups -OCH3 is 1. The lowest BCUT2D eigenvalue weighted by atomic mass is 10.1. The second-order valence-electron chi connectivity index (χ2n) is 10.0. The molecule has 0 unspecified atom stereocenters. The van der Waals surface area contributed by atoms with Crippen LogP contribution in [-0.2, 0) is 19.6 Å². The lowest BCUT2D eigenvalue weighted by Gasteiger charge is -2.35. The van der Waals surface area contributed by atoms with Gasteiger partial charge < -0.3 is 19.0 Å². The van der Waals surface area contributed by atoms with Gasteiger partial charge in [-0.05, 0) is 66.6 Å². The number of halogens is 1. The number of amides is 1. The summed E-state index contributed by atoms with van der Waals surface area (Å²) in [5.41, 5.74) is 4.37. The number of hydrogen-bond donors (Lipinski definition) is 0. The third-order valence-corrected chi connectivity index (χ3v) is 7.08. The van der Waals surface area contributed by atoms with Gasteiger partial charge in [0, 0.05) is 45.0 Å². The third-order valence-electron chi connectivity index (χ3n) is 7.08. The van der Waals surface area contributed by atoms with Gasteiger partial charge in [0.2, 0.25) is 0 Å². The van der Waals surface area contributed by atoms with E-state index in [-0.39, 0.29) is 11.7 Å². The molecular formula is C32H34FN3O3. The van der Waals surface area contributed by atoms with Gasteiger partial charge in [0.1, 0.15) is 17.3 Å². The Balaban J connectivity index is 1.22. The minimum absolute atomic E-state index is 0.0918. The average Bonchev–Trinajstić information content (AvgIpc) is 3.42. The molecule has 6 nitrogen and oxygen atoms in total. The van der Waals surface area contributed by atoms with E-state index in [2.05, 4.69) is 41.0 Å². The Labute approximate surface area is 229 Å². The van der Waals surface area contributed by atoms with Crippen molar-refractivity contribution < 1.29 is 18.3 Å². The summed E-state index contributed by atoms with van der Waals surface area (Å²) in [4.78, 5) is 19.5. The van der Waals surface area contributed by atoms with Crippen LogP contribution in [0.25, 0.3) is 0 Å². The maximum absolute atomic E-state index is 13.8. The summed E-state index contributed by atoms with van der Waals surface area (Å²) >= 11 is 0. The normalized spacial score (nSPS) is 13.6. The lowest BCUT2D eigenvalue weighted by molar-refractivity contribution is 0.0710. The maximum atomic E-state index is 13.8. The molecule has 39 heavy (non-hydrogen) atoms. The van der Waals surface area contributed by atoms with Gasteiger partial charge in [-0.25, -0.2) is 4.39 Å². The molecule has 3 aromatic carbocycles. The minimum atomic E-state index is -0.249. The molecule has 7 heteroatoms. The Morgan fingerprint density at radius 1 is 0.872 bits per heavy atom. The van der Waals surface area contributed by atoms with Gasteiger partial charge in [-0.15, -0.1) is 0 Å². The summed E-state index contributed by atoms with van der Waals surface area (Å²) in [6.45, 7) is 6.56. The van der Waals surface area contributed by atoms with Crippen LogP contribution in [0.15, 0.2) is 89.3 Å². The first-order valence-electron chi connectivity index (χ1n) is 13.3. The van der Waals surface area contributed by atoms with Crippen LogP contribution >= 0.6 is 0 Å². The zero-order valence-electron chi connectivity index (χ0n) is 22.5. The maximum Gasteiger partial charge on any atom is 0.289 e. The van der Waals surface area contributed by atoms with Crippen molar-refractivity contribution in [2.45, 2.75) is 26.6 Å². The van der Waals surface area contributed by atoms with Crippen LogP contribution in [0.3, 0.4) is 0 Å². The fourth-order valence-corrected chi connectivity index (χ4v) is 4.93. The highest BCUT2D eigenvalue weighted by Gasteiger charge is 2.25. The highest BCUT2D eigenvalue weighted by molar-refractivity contribution is 5.91. The number of ether oxygens (including phenoxy) is 1. The third kappa shape index (κ3) is 6.86. The van der Waals surface area contributed by atoms with E-state index in [1.54, 1.807) is 25.3 Å². The number of carbonyl (C=O) groups is 1. The van der Waals surface area contributed by atoms with Crippen molar-refractivity contribution in [2.75, 3.05) is 38.2 Å². The monoisotopic (exact) mass is 527 g/mol. The van der Waals surface area contributed by atoms with Gasteiger partial charge in [-0.1, -0.05) is 42.0 Å². The van der Waals surface area contributed by atoms with Crippen molar-refractivity contribution in [2.24, 2.45) is 0 Å². The smallest absolute Gasteiger partial charge is 0.289 e. The first-order valence-corrected chi connectivity index (χ1v) is 13.3. The van der Waals surface area contributed by atoms with Crippen LogP contribution in [0.4, 0.5) is 10.1 Å². The quantitative estimate of drug-likeness (QED) is 0.271. The average molecular weight is 528 g/mol. The number of aryl methyl sites for hydroxylation is 1. The number of hydrogen-bond acceptors (Lipinski definition) is 5. The van der Waals surface area contributed by atoms with Crippen LogP contribution in [0.2, 0.25) is 0 Å². The van der Waals surface area contributed by atoms with Crippen molar-refractivity contribution in [3.8, 4) is 5.75 Å². The van der Waals surface area contributed by atoms with E-state index in [4.69, 9.17) is 9.15 Å². The SMILES string of the molecule is COc1ccc(N2CCN(C(=O)c3ccc(CN(Cc4ccc(C)cc4)Cc4cccc(F)c4)o3)CC2)cc1. The van der Waals surface area contributed by atoms with E-state index < -0.39 is 0 Å². The molecule has 1 amide bonds. The Hall–Kier alpha value is -4.10. The Morgan fingerprint density at radius 2 is 1.59 bits per heavy atom. The van der Waals surface area contributed by atoms with Crippen molar-refractivity contribution in [3.05, 3.63) is 119 Å². The Morgan fingerprint density at radius 3 is 2.28 bits per heavy atom. The number of anilines is 1. The van der Waals surface area contributed by atoms with Crippen molar-refractivity contribution in [3.63, 3.8) is 0 Å². The van der Waals surface area contributed by atoms with Crippen LogP contribution in [0.5, 0.6) is 5.75 Å². The molecule has 202 valence electrons. The molecule has 0 radical (unpaired) electrons. The molecule has 0 saturated carbocycles. The molecular weight excluding hydrogens is 493 g/mol. The number of furan rings is 1. The second-order valence-corrected chi connectivity index (χ2v) is 10.0. The molecule has 4 aromatic rings. The summed E-state index contributed by atoms with van der Waals surface area (Å²) in [6.07, 6.45) is 0. The largest absolute Gasteiger partial charge is 0.497 e. The molecule has 0 N–H and O–H groups in total. The van der Waals surface area contributed by atoms with E-state index in [9.17, 15) is 9.18 Å². The van der Waals surface area contributed by atoms with Crippen LogP contribution in [0.1, 0.15) is 33.0 Å². The number of benzene rings is 3. The van der Waals surface area contributed by atoms with Gasteiger partial charge in [0.25, 0.3) is 5.91 Å². The first-order chi connectivity index (χ1) is 19.0. The number of nitrogens with zero attached hydrogens (tertiary/aromatic N) is 3. The fraction of sp³-hybridized carbons (Fsp3) is 0.281. The molecule has 0 spiro atoms. The summed E-state index contributed by atoms with van der Waals surface area (Å²) < 4.78 is 25.1. The van der Waals surface area contributed by atoms with E-state index in [0.717, 1.165) is 35.7 Å². The van der Waals surface area contributed by atoms with Crippen LogP contribution in [0, 0.1) is 12.7 Å². The van der Waals surface area contributed by atoms with Crippen LogP contribution in [-0.4, -0.2) is 49.0 Å². The van der Waals surface area contributed by atoms with Gasteiger partial charge in [0.15, 0.2) is 5.76 Å². The second kappa shape index (κ2) is 12.2. The lowest BCUT2D eigenvalue weighted by Crippen LogP contribution is -2.48. The van der Waals surface area contributed by atoms with Crippen molar-refractivity contribution in [1.82, 2.24) is 9.80 Å². The molecule has 0 bridgehead atoms. The predicted molar refractivity (Wildman–Crippen MR) is 150 cm³/mol. The standard InChI is InChI=1S/C32H34FN3O3/c1-24-6-8-25(9-7-24)21-34(22-26-4-3-5-27(33)20-26)23-30-14-15-31(39-30)32(37)36-18-16-35(17-19-36)28-10-12-29(38-2)13-11-28/h3-15,20H,16-19,21-23H2,1-2H3. The molecule has 0 aliphatic carbocycles. The molecule has 1 fully saturated rings. The van der Waals surface area contributed by atoms with Gasteiger partial charge in [-0.2, -0.15) is 0 Å². The molecule has 5 rings (SSSR count). The van der Waals surface area contributed by atoms with Gasteiger partial charge in [0.05, 0.1) is 13.7 Å². The topological polar surface area (TPSA) is 49.2 Å². The fourth-order valence-electron chi connectivity index (χ4n) is 4.93. The molecule has 0 atom stereocenters. The predicted octanol–water partition coefficient (Wildman–Crippen LogP) is 5.90. The summed E-state index contributed by atoms with van der Waals surface area (Å²) in [5, 5.41) is 0.